The SMILES string of the molecule is Nc1ccc(C(=O)C2=CCCC=C2)cc1. The molecule has 1 aromatic carbocycles. The van der Waals surface area contributed by atoms with Crippen LogP contribution in [0.1, 0.15) is 23.2 Å². The molecule has 0 saturated heterocycles. The maximum Gasteiger partial charge on any atom is 0.192 e. The van der Waals surface area contributed by atoms with Gasteiger partial charge in [-0.15, -0.1) is 0 Å². The molecule has 15 heavy (non-hydrogen) atoms. The first-order chi connectivity index (χ1) is 7.27. The van der Waals surface area contributed by atoms with Gasteiger partial charge in [-0.3, -0.25) is 4.79 Å². The zero-order valence-electron chi connectivity index (χ0n) is 8.44. The van der Waals surface area contributed by atoms with Crippen molar-refractivity contribution in [1.29, 1.82) is 0 Å². The quantitative estimate of drug-likeness (QED) is 0.588. The van der Waals surface area contributed by atoms with Gasteiger partial charge in [-0.25, -0.2) is 0 Å². The van der Waals surface area contributed by atoms with Gasteiger partial charge in [-0.05, 0) is 37.1 Å². The number of carbonyl (C=O) groups is 1. The molecule has 1 aliphatic rings. The molecule has 0 amide bonds. The van der Waals surface area contributed by atoms with Crippen molar-refractivity contribution < 1.29 is 4.79 Å². The third-order valence-corrected chi connectivity index (χ3v) is 2.43. The lowest BCUT2D eigenvalue weighted by molar-refractivity contribution is 0.103. The van der Waals surface area contributed by atoms with E-state index < -0.39 is 0 Å². The van der Waals surface area contributed by atoms with E-state index in [2.05, 4.69) is 0 Å². The van der Waals surface area contributed by atoms with Crippen molar-refractivity contribution >= 4 is 11.5 Å². The molecular weight excluding hydrogens is 186 g/mol. The zero-order chi connectivity index (χ0) is 10.7. The van der Waals surface area contributed by atoms with E-state index in [1.165, 1.54) is 0 Å². The summed E-state index contributed by atoms with van der Waals surface area (Å²) in [4.78, 5) is 12.0. The number of Topliss-reactive ketones (excluding diaryl/α,β-unsaturated/α-hetero) is 1. The van der Waals surface area contributed by atoms with E-state index in [4.69, 9.17) is 5.73 Å². The van der Waals surface area contributed by atoms with Crippen LogP contribution in [0.4, 0.5) is 5.69 Å². The van der Waals surface area contributed by atoms with Crippen molar-refractivity contribution in [2.75, 3.05) is 5.73 Å². The minimum Gasteiger partial charge on any atom is -0.399 e. The Morgan fingerprint density at radius 3 is 2.47 bits per heavy atom. The van der Waals surface area contributed by atoms with Crippen molar-refractivity contribution in [3.8, 4) is 0 Å². The van der Waals surface area contributed by atoms with E-state index in [1.807, 2.05) is 18.2 Å². The topological polar surface area (TPSA) is 43.1 Å². The fourth-order valence-corrected chi connectivity index (χ4v) is 1.58. The summed E-state index contributed by atoms with van der Waals surface area (Å²) in [6.45, 7) is 0. The van der Waals surface area contributed by atoms with Gasteiger partial charge in [0.05, 0.1) is 0 Å². The molecule has 2 rings (SSSR count). The van der Waals surface area contributed by atoms with Gasteiger partial charge in [0.2, 0.25) is 0 Å². The lowest BCUT2D eigenvalue weighted by Crippen LogP contribution is -2.03. The zero-order valence-corrected chi connectivity index (χ0v) is 8.44. The standard InChI is InChI=1S/C13H13NO/c14-12-8-6-11(7-9-12)13(15)10-4-2-1-3-5-10/h2,4-9H,1,3,14H2. The Balaban J connectivity index is 2.24. The van der Waals surface area contributed by atoms with Crippen LogP contribution in [0.5, 0.6) is 0 Å². The molecule has 2 heteroatoms. The molecule has 0 aliphatic heterocycles. The number of hydrogen-bond acceptors (Lipinski definition) is 2. The third kappa shape index (κ3) is 2.15. The van der Waals surface area contributed by atoms with Crippen LogP contribution in [-0.2, 0) is 0 Å². The molecule has 1 aromatic rings. The van der Waals surface area contributed by atoms with Crippen LogP contribution >= 0.6 is 0 Å². The highest BCUT2D eigenvalue weighted by molar-refractivity contribution is 6.10. The summed E-state index contributed by atoms with van der Waals surface area (Å²) in [6.07, 6.45) is 7.89. The largest absolute Gasteiger partial charge is 0.399 e. The van der Waals surface area contributed by atoms with Crippen molar-refractivity contribution in [3.63, 3.8) is 0 Å². The molecule has 0 atom stereocenters. The van der Waals surface area contributed by atoms with Crippen LogP contribution in [0.25, 0.3) is 0 Å². The molecule has 76 valence electrons. The molecular formula is C13H13NO. The van der Waals surface area contributed by atoms with Crippen molar-refractivity contribution in [2.24, 2.45) is 0 Å². The number of anilines is 1. The Bertz CT molecular complexity index is 426. The number of ketones is 1. The summed E-state index contributed by atoms with van der Waals surface area (Å²) < 4.78 is 0. The van der Waals surface area contributed by atoms with Crippen molar-refractivity contribution in [2.45, 2.75) is 12.8 Å². The molecule has 0 aromatic heterocycles. The van der Waals surface area contributed by atoms with Crippen LogP contribution < -0.4 is 5.73 Å². The molecule has 0 saturated carbocycles. The van der Waals surface area contributed by atoms with Gasteiger partial charge >= 0.3 is 0 Å². The number of rotatable bonds is 2. The van der Waals surface area contributed by atoms with Crippen molar-refractivity contribution in [3.05, 3.63) is 53.6 Å². The minimum atomic E-state index is 0.0750. The van der Waals surface area contributed by atoms with E-state index in [0.717, 1.165) is 18.4 Å². The number of hydrogen-bond donors (Lipinski definition) is 1. The molecule has 0 bridgehead atoms. The minimum absolute atomic E-state index is 0.0750. The molecule has 0 fully saturated rings. The predicted molar refractivity (Wildman–Crippen MR) is 61.6 cm³/mol. The number of nitrogens with two attached hydrogens (primary N) is 1. The molecule has 0 unspecified atom stereocenters. The second-order valence-electron chi connectivity index (χ2n) is 3.59. The van der Waals surface area contributed by atoms with Crippen LogP contribution in [-0.4, -0.2) is 5.78 Å². The Kier molecular flexibility index (Phi) is 2.68. The summed E-state index contributed by atoms with van der Waals surface area (Å²) >= 11 is 0. The van der Waals surface area contributed by atoms with E-state index in [9.17, 15) is 4.79 Å². The second-order valence-corrected chi connectivity index (χ2v) is 3.59. The van der Waals surface area contributed by atoms with Gasteiger partial charge in [0.15, 0.2) is 5.78 Å². The second kappa shape index (κ2) is 4.13. The first-order valence-corrected chi connectivity index (χ1v) is 5.04. The number of nitrogen functional groups attached to an aromatic ring is 1. The Morgan fingerprint density at radius 1 is 1.13 bits per heavy atom. The maximum absolute atomic E-state index is 12.0. The van der Waals surface area contributed by atoms with E-state index >= 15 is 0 Å². The van der Waals surface area contributed by atoms with E-state index in [0.29, 0.717) is 11.3 Å². The first kappa shape index (κ1) is 9.71. The molecule has 2 N–H and O–H groups in total. The smallest absolute Gasteiger partial charge is 0.192 e. The Morgan fingerprint density at radius 2 is 1.87 bits per heavy atom. The lowest BCUT2D eigenvalue weighted by Gasteiger charge is -2.06. The van der Waals surface area contributed by atoms with Gasteiger partial charge < -0.3 is 5.73 Å². The highest BCUT2D eigenvalue weighted by Gasteiger charge is 2.10. The van der Waals surface area contributed by atoms with Crippen LogP contribution in [0, 0.1) is 0 Å². The highest BCUT2D eigenvalue weighted by Crippen LogP contribution is 2.16. The molecule has 0 spiro atoms. The fourth-order valence-electron chi connectivity index (χ4n) is 1.58. The third-order valence-electron chi connectivity index (χ3n) is 2.43. The van der Waals surface area contributed by atoms with Gasteiger partial charge in [0.25, 0.3) is 0 Å². The summed E-state index contributed by atoms with van der Waals surface area (Å²) in [5.41, 5.74) is 7.73. The van der Waals surface area contributed by atoms with Crippen LogP contribution in [0.15, 0.2) is 48.1 Å². The van der Waals surface area contributed by atoms with Gasteiger partial charge in [-0.1, -0.05) is 18.2 Å². The van der Waals surface area contributed by atoms with Crippen LogP contribution in [0.3, 0.4) is 0 Å². The normalized spacial score (nSPS) is 14.8. The summed E-state index contributed by atoms with van der Waals surface area (Å²) in [5, 5.41) is 0. The lowest BCUT2D eigenvalue weighted by atomic mass is 9.98. The van der Waals surface area contributed by atoms with Gasteiger partial charge in [0, 0.05) is 16.8 Å². The summed E-state index contributed by atoms with van der Waals surface area (Å²) in [7, 11) is 0. The maximum atomic E-state index is 12.0. The van der Waals surface area contributed by atoms with Gasteiger partial charge in [-0.2, -0.15) is 0 Å². The van der Waals surface area contributed by atoms with E-state index in [-0.39, 0.29) is 5.78 Å². The van der Waals surface area contributed by atoms with Gasteiger partial charge in [0.1, 0.15) is 0 Å². The monoisotopic (exact) mass is 199 g/mol. The van der Waals surface area contributed by atoms with Crippen LogP contribution in [0.2, 0.25) is 0 Å². The molecule has 0 heterocycles. The highest BCUT2D eigenvalue weighted by atomic mass is 16.1. The van der Waals surface area contributed by atoms with E-state index in [1.54, 1.807) is 24.3 Å². The Hall–Kier alpha value is -1.83. The van der Waals surface area contributed by atoms with Crippen molar-refractivity contribution in [1.82, 2.24) is 0 Å². The number of benzene rings is 1. The summed E-state index contributed by atoms with van der Waals surface area (Å²) in [6, 6.07) is 7.03. The molecule has 1 aliphatic carbocycles. The number of allylic oxidation sites excluding steroid dienone is 4. The first-order valence-electron chi connectivity index (χ1n) is 5.04. The average Bonchev–Trinajstić information content (AvgIpc) is 2.30. The predicted octanol–water partition coefficient (Wildman–Crippen LogP) is 2.73. The Labute approximate surface area is 89.1 Å². The molecule has 0 radical (unpaired) electrons. The average molecular weight is 199 g/mol. The fraction of sp³-hybridized carbons (Fsp3) is 0.154. The summed E-state index contributed by atoms with van der Waals surface area (Å²) in [5.74, 6) is 0.0750. The molecule has 2 nitrogen and oxygen atoms in total. The number of carbonyl (C=O) groups excluding carboxylic acids is 1.